The minimum atomic E-state index is -4.57. The van der Waals surface area contributed by atoms with Crippen molar-refractivity contribution in [1.29, 1.82) is 0 Å². The van der Waals surface area contributed by atoms with Gasteiger partial charge in [-0.15, -0.1) is 0 Å². The second-order valence-corrected chi connectivity index (χ2v) is 6.50. The molecule has 2 aromatic rings. The lowest BCUT2D eigenvalue weighted by Crippen LogP contribution is -2.34. The maximum atomic E-state index is 13.9. The zero-order valence-electron chi connectivity index (χ0n) is 15.3. The number of alkyl halides is 3. The summed E-state index contributed by atoms with van der Waals surface area (Å²) < 4.78 is 78.7. The second-order valence-electron chi connectivity index (χ2n) is 6.50. The molecule has 1 N–H and O–H groups in total. The van der Waals surface area contributed by atoms with Crippen LogP contribution in [0.2, 0.25) is 0 Å². The molecule has 160 valence electrons. The van der Waals surface area contributed by atoms with E-state index in [9.17, 15) is 35.9 Å². The monoisotopic (exact) mass is 432 g/mol. The third-order valence-corrected chi connectivity index (χ3v) is 4.74. The molecule has 0 unspecified atom stereocenters. The van der Waals surface area contributed by atoms with Crippen LogP contribution in [0.1, 0.15) is 17.0 Å². The number of carbonyl (C=O) groups is 2. The van der Waals surface area contributed by atoms with Crippen LogP contribution in [0.3, 0.4) is 0 Å². The summed E-state index contributed by atoms with van der Waals surface area (Å²) in [6.45, 7) is -0.154. The summed E-state index contributed by atoms with van der Waals surface area (Å²) >= 11 is 0. The molecule has 1 fully saturated rings. The molecule has 1 saturated heterocycles. The van der Waals surface area contributed by atoms with Gasteiger partial charge in [0.25, 0.3) is 5.91 Å². The first-order valence-corrected chi connectivity index (χ1v) is 8.51. The number of halogens is 6. The molecule has 3 rings (SSSR count). The molecule has 0 radical (unpaired) electrons. The summed E-state index contributed by atoms with van der Waals surface area (Å²) in [4.78, 5) is 30.1. The predicted molar refractivity (Wildman–Crippen MR) is 91.3 cm³/mol. The number of nitrogens with zero attached hydrogens (tertiary/aromatic N) is 1. The molecule has 2 amide bonds. The minimum Gasteiger partial charge on any atom is -0.323 e. The van der Waals surface area contributed by atoms with E-state index in [2.05, 4.69) is 0 Å². The van der Waals surface area contributed by atoms with Crippen LogP contribution in [-0.2, 0) is 20.6 Å². The summed E-state index contributed by atoms with van der Waals surface area (Å²) in [5.41, 5.74) is -1.36. The third kappa shape index (κ3) is 3.97. The molecule has 2 atom stereocenters. The van der Waals surface area contributed by atoms with E-state index in [-0.39, 0.29) is 12.1 Å². The SMILES string of the molecule is CON1C[C@H](c2ccc(C(F)(F)F)cc2)[C@@H](C(=O)Nc2ccc(F)c(F)c2F)C1=O. The van der Waals surface area contributed by atoms with E-state index >= 15 is 0 Å². The molecule has 5 nitrogen and oxygen atoms in total. The molecule has 2 aromatic carbocycles. The highest BCUT2D eigenvalue weighted by molar-refractivity contribution is 6.08. The summed E-state index contributed by atoms with van der Waals surface area (Å²) in [6.07, 6.45) is -4.57. The van der Waals surface area contributed by atoms with Crippen LogP contribution in [0.25, 0.3) is 0 Å². The molecular weight excluding hydrogens is 418 g/mol. The van der Waals surface area contributed by atoms with Crippen LogP contribution in [-0.4, -0.2) is 30.5 Å². The van der Waals surface area contributed by atoms with E-state index in [4.69, 9.17) is 4.84 Å². The summed E-state index contributed by atoms with van der Waals surface area (Å²) in [6, 6.07) is 5.24. The van der Waals surface area contributed by atoms with Gasteiger partial charge in [-0.1, -0.05) is 12.1 Å². The molecule has 0 bridgehead atoms. The van der Waals surface area contributed by atoms with Crippen molar-refractivity contribution in [2.45, 2.75) is 12.1 Å². The number of benzene rings is 2. The van der Waals surface area contributed by atoms with E-state index in [1.807, 2.05) is 5.32 Å². The number of carbonyl (C=O) groups excluding carboxylic acids is 2. The lowest BCUT2D eigenvalue weighted by Gasteiger charge is -2.18. The van der Waals surface area contributed by atoms with Crippen molar-refractivity contribution in [1.82, 2.24) is 5.06 Å². The Hall–Kier alpha value is -3.08. The largest absolute Gasteiger partial charge is 0.416 e. The first-order valence-electron chi connectivity index (χ1n) is 8.51. The fourth-order valence-electron chi connectivity index (χ4n) is 3.21. The van der Waals surface area contributed by atoms with Gasteiger partial charge in [0.2, 0.25) is 5.91 Å². The van der Waals surface area contributed by atoms with E-state index in [0.717, 1.165) is 42.5 Å². The topological polar surface area (TPSA) is 58.6 Å². The van der Waals surface area contributed by atoms with E-state index < -0.39 is 58.5 Å². The normalized spacial score (nSPS) is 19.3. The number of nitrogens with one attached hydrogen (secondary N) is 1. The molecule has 0 aromatic heterocycles. The van der Waals surface area contributed by atoms with Crippen LogP contribution in [0, 0.1) is 23.4 Å². The fourth-order valence-corrected chi connectivity index (χ4v) is 3.21. The average molecular weight is 432 g/mol. The number of anilines is 1. The van der Waals surface area contributed by atoms with Crippen LogP contribution < -0.4 is 5.32 Å². The third-order valence-electron chi connectivity index (χ3n) is 4.74. The zero-order valence-corrected chi connectivity index (χ0v) is 15.3. The summed E-state index contributed by atoms with van der Waals surface area (Å²) in [5.74, 6) is -9.19. The Labute approximate surface area is 166 Å². The molecule has 30 heavy (non-hydrogen) atoms. The molecule has 1 aliphatic heterocycles. The number of amides is 2. The molecule has 1 aliphatic rings. The number of hydrogen-bond acceptors (Lipinski definition) is 3. The quantitative estimate of drug-likeness (QED) is 0.454. The Balaban J connectivity index is 1.91. The van der Waals surface area contributed by atoms with Crippen molar-refractivity contribution >= 4 is 17.5 Å². The van der Waals surface area contributed by atoms with Gasteiger partial charge in [0.05, 0.1) is 24.9 Å². The van der Waals surface area contributed by atoms with Gasteiger partial charge < -0.3 is 5.32 Å². The van der Waals surface area contributed by atoms with Gasteiger partial charge in [-0.2, -0.15) is 13.2 Å². The second kappa shape index (κ2) is 7.98. The Bertz CT molecular complexity index is 977. The highest BCUT2D eigenvalue weighted by atomic mass is 19.4. The van der Waals surface area contributed by atoms with Gasteiger partial charge in [0.15, 0.2) is 17.5 Å². The molecule has 11 heteroatoms. The fraction of sp³-hybridized carbons (Fsp3) is 0.263. The van der Waals surface area contributed by atoms with Crippen molar-refractivity contribution in [2.75, 3.05) is 19.0 Å². The van der Waals surface area contributed by atoms with Gasteiger partial charge in [-0.3, -0.25) is 14.4 Å². The van der Waals surface area contributed by atoms with Gasteiger partial charge >= 0.3 is 6.18 Å². The van der Waals surface area contributed by atoms with Crippen molar-refractivity contribution in [3.05, 3.63) is 65.0 Å². The Kier molecular flexibility index (Phi) is 5.75. The Morgan fingerprint density at radius 2 is 1.70 bits per heavy atom. The van der Waals surface area contributed by atoms with Crippen LogP contribution >= 0.6 is 0 Å². The number of hydrogen-bond donors (Lipinski definition) is 1. The predicted octanol–water partition coefficient (Wildman–Crippen LogP) is 3.86. The average Bonchev–Trinajstić information content (AvgIpc) is 3.04. The lowest BCUT2D eigenvalue weighted by atomic mass is 9.87. The maximum absolute atomic E-state index is 13.9. The van der Waals surface area contributed by atoms with Crippen LogP contribution in [0.4, 0.5) is 32.0 Å². The van der Waals surface area contributed by atoms with E-state index in [1.165, 1.54) is 0 Å². The lowest BCUT2D eigenvalue weighted by molar-refractivity contribution is -0.170. The summed E-state index contributed by atoms with van der Waals surface area (Å²) in [7, 11) is 1.16. The van der Waals surface area contributed by atoms with E-state index in [1.54, 1.807) is 0 Å². The number of rotatable bonds is 4. The smallest absolute Gasteiger partial charge is 0.323 e. The van der Waals surface area contributed by atoms with Crippen molar-refractivity contribution in [3.8, 4) is 0 Å². The van der Waals surface area contributed by atoms with Gasteiger partial charge in [0, 0.05) is 5.92 Å². The van der Waals surface area contributed by atoms with E-state index in [0.29, 0.717) is 6.07 Å². The van der Waals surface area contributed by atoms with Gasteiger partial charge in [-0.25, -0.2) is 18.2 Å². The summed E-state index contributed by atoms with van der Waals surface area (Å²) in [5, 5.41) is 2.87. The Morgan fingerprint density at radius 1 is 1.07 bits per heavy atom. The number of hydroxylamine groups is 2. The maximum Gasteiger partial charge on any atom is 0.416 e. The van der Waals surface area contributed by atoms with Crippen molar-refractivity contribution in [3.63, 3.8) is 0 Å². The minimum absolute atomic E-state index is 0.154. The standard InChI is InChI=1S/C19H14F6N2O3/c1-30-27-8-11(9-2-4-10(5-3-9)19(23,24)25)14(18(27)29)17(28)26-13-7-6-12(20)15(21)16(13)22/h2-7,11,14H,8H2,1H3,(H,26,28)/t11-,14+/m1/s1. The highest BCUT2D eigenvalue weighted by Crippen LogP contribution is 2.37. The van der Waals surface area contributed by atoms with Gasteiger partial charge in [-0.05, 0) is 29.8 Å². The van der Waals surface area contributed by atoms with Crippen molar-refractivity contribution in [2.24, 2.45) is 5.92 Å². The molecule has 0 spiro atoms. The van der Waals surface area contributed by atoms with Crippen LogP contribution in [0.15, 0.2) is 36.4 Å². The first-order chi connectivity index (χ1) is 14.0. The Morgan fingerprint density at radius 3 is 2.27 bits per heavy atom. The molecular formula is C19H14F6N2O3. The molecule has 1 heterocycles. The van der Waals surface area contributed by atoms with Crippen LogP contribution in [0.5, 0.6) is 0 Å². The van der Waals surface area contributed by atoms with Crippen molar-refractivity contribution < 1.29 is 40.8 Å². The highest BCUT2D eigenvalue weighted by Gasteiger charge is 2.46. The van der Waals surface area contributed by atoms with Gasteiger partial charge in [0.1, 0.15) is 5.92 Å². The molecule has 0 aliphatic carbocycles. The first kappa shape index (κ1) is 21.6. The zero-order chi connectivity index (χ0) is 22.2. The molecule has 0 saturated carbocycles.